The van der Waals surface area contributed by atoms with Gasteiger partial charge in [0, 0.05) is 11.6 Å². The van der Waals surface area contributed by atoms with Gasteiger partial charge in [-0.2, -0.15) is 5.10 Å². The first-order chi connectivity index (χ1) is 9.63. The van der Waals surface area contributed by atoms with Gasteiger partial charge < -0.3 is 4.43 Å². The van der Waals surface area contributed by atoms with Crippen LogP contribution >= 0.6 is 34.2 Å². The third-order valence-corrected chi connectivity index (χ3v) is 9.75. The molecule has 0 N–H and O–H groups in total. The summed E-state index contributed by atoms with van der Waals surface area (Å²) in [7, 11) is -1.72. The minimum atomic E-state index is -1.72. The zero-order chi connectivity index (χ0) is 15.8. The van der Waals surface area contributed by atoms with E-state index >= 15 is 0 Å². The zero-order valence-electron chi connectivity index (χ0n) is 13.1. The van der Waals surface area contributed by atoms with Gasteiger partial charge in [-0.25, -0.2) is 4.98 Å². The molecule has 4 nitrogen and oxygen atoms in total. The molecule has 0 amide bonds. The summed E-state index contributed by atoms with van der Waals surface area (Å²) in [5.74, 6) is 0. The number of halogens is 2. The van der Waals surface area contributed by atoms with Crippen molar-refractivity contribution in [2.24, 2.45) is 0 Å². The second kappa shape index (κ2) is 6.14. The van der Waals surface area contributed by atoms with E-state index in [0.29, 0.717) is 18.3 Å². The molecule has 0 spiro atoms. The molecule has 0 aliphatic rings. The molecule has 116 valence electrons. The highest BCUT2D eigenvalue weighted by Crippen LogP contribution is 2.36. The Balaban J connectivity index is 2.15. The minimum absolute atomic E-state index is 0.215. The first-order valence-corrected chi connectivity index (χ1v) is 11.3. The highest BCUT2D eigenvalue weighted by Gasteiger charge is 2.36. The van der Waals surface area contributed by atoms with Crippen LogP contribution in [0.4, 0.5) is 0 Å². The van der Waals surface area contributed by atoms with Crippen molar-refractivity contribution < 1.29 is 4.43 Å². The molecular weight excluding hydrogens is 417 g/mol. The van der Waals surface area contributed by atoms with Gasteiger partial charge in [0.25, 0.3) is 0 Å². The fourth-order valence-electron chi connectivity index (χ4n) is 1.82. The second-order valence-corrected chi connectivity index (χ2v) is 12.8. The molecule has 2 aromatic rings. The molecule has 7 heteroatoms. The summed E-state index contributed by atoms with van der Waals surface area (Å²) < 4.78 is 9.05. The molecular formula is C14H21ClIN3OSi. The van der Waals surface area contributed by atoms with Crippen molar-refractivity contribution in [2.45, 2.75) is 45.4 Å². The Labute approximate surface area is 145 Å². The molecule has 2 heterocycles. The van der Waals surface area contributed by atoms with Crippen LogP contribution in [-0.4, -0.2) is 29.7 Å². The summed E-state index contributed by atoms with van der Waals surface area (Å²) in [6, 6.07) is 1.95. The van der Waals surface area contributed by atoms with Crippen LogP contribution in [0, 0.1) is 3.70 Å². The van der Waals surface area contributed by atoms with Crippen LogP contribution in [0.3, 0.4) is 0 Å². The van der Waals surface area contributed by atoms with Crippen LogP contribution < -0.4 is 0 Å². The van der Waals surface area contributed by atoms with Gasteiger partial charge in [-0.15, -0.1) is 0 Å². The van der Waals surface area contributed by atoms with E-state index in [0.717, 1.165) is 14.6 Å². The summed E-state index contributed by atoms with van der Waals surface area (Å²) in [4.78, 5) is 4.15. The maximum Gasteiger partial charge on any atom is 0.192 e. The van der Waals surface area contributed by atoms with Crippen LogP contribution in [0.25, 0.3) is 10.9 Å². The molecule has 0 fully saturated rings. The van der Waals surface area contributed by atoms with Crippen molar-refractivity contribution >= 4 is 53.4 Å². The summed E-state index contributed by atoms with van der Waals surface area (Å²) in [5, 5.41) is 6.30. The first-order valence-electron chi connectivity index (χ1n) is 6.94. The quantitative estimate of drug-likeness (QED) is 0.395. The molecule has 0 unspecified atom stereocenters. The number of fused-ring (bicyclic) bond motifs is 1. The van der Waals surface area contributed by atoms with Crippen LogP contribution in [0.15, 0.2) is 12.3 Å². The highest BCUT2D eigenvalue weighted by atomic mass is 127. The summed E-state index contributed by atoms with van der Waals surface area (Å²) >= 11 is 8.44. The van der Waals surface area contributed by atoms with E-state index in [4.69, 9.17) is 16.0 Å². The maximum absolute atomic E-state index is 6.21. The van der Waals surface area contributed by atoms with Crippen molar-refractivity contribution in [1.29, 1.82) is 0 Å². The molecule has 21 heavy (non-hydrogen) atoms. The molecule has 0 aliphatic heterocycles. The van der Waals surface area contributed by atoms with E-state index in [9.17, 15) is 0 Å². The Kier molecular flexibility index (Phi) is 5.02. The van der Waals surface area contributed by atoms with Crippen LogP contribution in [0.5, 0.6) is 0 Å². The van der Waals surface area contributed by atoms with Gasteiger partial charge in [0.2, 0.25) is 0 Å². The van der Waals surface area contributed by atoms with Crippen molar-refractivity contribution in [3.63, 3.8) is 0 Å². The SMILES string of the molecule is CC(C)(C)[Si](C)(C)OCCn1nc(I)c2ccnc(Cl)c21. The smallest absolute Gasteiger partial charge is 0.192 e. The lowest BCUT2D eigenvalue weighted by molar-refractivity contribution is 0.268. The van der Waals surface area contributed by atoms with Crippen molar-refractivity contribution in [3.8, 4) is 0 Å². The van der Waals surface area contributed by atoms with E-state index in [2.05, 4.69) is 66.5 Å². The van der Waals surface area contributed by atoms with E-state index in [1.54, 1.807) is 6.20 Å². The van der Waals surface area contributed by atoms with Gasteiger partial charge in [-0.3, -0.25) is 4.68 Å². The number of rotatable bonds is 4. The molecule has 0 bridgehead atoms. The Bertz CT molecular complexity index is 651. The first kappa shape index (κ1) is 17.2. The summed E-state index contributed by atoms with van der Waals surface area (Å²) in [5.41, 5.74) is 0.891. The second-order valence-electron chi connectivity index (χ2n) is 6.62. The molecule has 0 radical (unpaired) electrons. The van der Waals surface area contributed by atoms with Gasteiger partial charge in [-0.05, 0) is 46.8 Å². The Morgan fingerprint density at radius 3 is 2.67 bits per heavy atom. The Morgan fingerprint density at radius 1 is 1.38 bits per heavy atom. The fourth-order valence-corrected chi connectivity index (χ4v) is 3.80. The molecule has 0 saturated carbocycles. The lowest BCUT2D eigenvalue weighted by atomic mass is 10.2. The minimum Gasteiger partial charge on any atom is -0.415 e. The van der Waals surface area contributed by atoms with Crippen molar-refractivity contribution in [2.75, 3.05) is 6.61 Å². The van der Waals surface area contributed by atoms with Gasteiger partial charge in [0.15, 0.2) is 13.5 Å². The number of hydrogen-bond acceptors (Lipinski definition) is 3. The summed E-state index contributed by atoms with van der Waals surface area (Å²) in [6.07, 6.45) is 1.71. The molecule has 0 atom stereocenters. The molecule has 0 aromatic carbocycles. The van der Waals surface area contributed by atoms with E-state index in [-0.39, 0.29) is 5.04 Å². The average molecular weight is 438 g/mol. The topological polar surface area (TPSA) is 39.9 Å². The Hall–Kier alpha value is -0.183. The molecule has 2 rings (SSSR count). The monoisotopic (exact) mass is 437 g/mol. The van der Waals surface area contributed by atoms with Gasteiger partial charge in [-0.1, -0.05) is 32.4 Å². The predicted octanol–water partition coefficient (Wildman–Crippen LogP) is 4.71. The molecule has 0 saturated heterocycles. The normalized spacial score (nSPS) is 13.1. The molecule has 0 aliphatic carbocycles. The van der Waals surface area contributed by atoms with Crippen LogP contribution in [0.1, 0.15) is 20.8 Å². The van der Waals surface area contributed by atoms with Gasteiger partial charge >= 0.3 is 0 Å². The molecule has 2 aromatic heterocycles. The van der Waals surface area contributed by atoms with Crippen molar-refractivity contribution in [3.05, 3.63) is 21.1 Å². The number of aromatic nitrogens is 3. The predicted molar refractivity (Wildman–Crippen MR) is 98.4 cm³/mol. The fraction of sp³-hybridized carbons (Fsp3) is 0.571. The standard InChI is InChI=1S/C14H21ClIN3OSi/c1-14(2,3)21(4,5)20-9-8-19-11-10(13(16)18-19)6-7-17-12(11)15/h6-7H,8-9H2,1-5H3. The number of hydrogen-bond donors (Lipinski definition) is 0. The maximum atomic E-state index is 6.21. The lowest BCUT2D eigenvalue weighted by Crippen LogP contribution is -2.41. The van der Waals surface area contributed by atoms with Gasteiger partial charge in [0.05, 0.1) is 13.2 Å². The van der Waals surface area contributed by atoms with E-state index in [1.807, 2.05) is 10.7 Å². The van der Waals surface area contributed by atoms with Gasteiger partial charge in [0.1, 0.15) is 9.22 Å². The highest BCUT2D eigenvalue weighted by molar-refractivity contribution is 14.1. The van der Waals surface area contributed by atoms with Crippen LogP contribution in [-0.2, 0) is 11.0 Å². The number of pyridine rings is 1. The van der Waals surface area contributed by atoms with E-state index in [1.165, 1.54) is 0 Å². The zero-order valence-corrected chi connectivity index (χ0v) is 17.0. The largest absolute Gasteiger partial charge is 0.415 e. The average Bonchev–Trinajstić information content (AvgIpc) is 2.66. The number of nitrogens with zero attached hydrogens (tertiary/aromatic N) is 3. The third-order valence-electron chi connectivity index (χ3n) is 4.14. The lowest BCUT2D eigenvalue weighted by Gasteiger charge is -2.36. The Morgan fingerprint density at radius 2 is 2.05 bits per heavy atom. The van der Waals surface area contributed by atoms with E-state index < -0.39 is 8.32 Å². The van der Waals surface area contributed by atoms with Crippen molar-refractivity contribution in [1.82, 2.24) is 14.8 Å². The summed E-state index contributed by atoms with van der Waals surface area (Å²) in [6.45, 7) is 12.6. The van der Waals surface area contributed by atoms with Crippen LogP contribution in [0.2, 0.25) is 23.3 Å². The third kappa shape index (κ3) is 3.60.